The van der Waals surface area contributed by atoms with Gasteiger partial charge in [-0.3, -0.25) is 4.40 Å². The van der Waals surface area contributed by atoms with Gasteiger partial charge in [-0.2, -0.15) is 0 Å². The lowest BCUT2D eigenvalue weighted by Gasteiger charge is -2.35. The van der Waals surface area contributed by atoms with Crippen molar-refractivity contribution < 1.29 is 0 Å². The molecular formula is C12H16N4. The predicted molar refractivity (Wildman–Crippen MR) is 63.6 cm³/mol. The van der Waals surface area contributed by atoms with Crippen molar-refractivity contribution in [1.82, 2.24) is 14.6 Å². The molecule has 0 spiro atoms. The molecule has 2 aromatic heterocycles. The minimum atomic E-state index is 0.608. The summed E-state index contributed by atoms with van der Waals surface area (Å²) in [6.45, 7) is 3.42. The number of rotatable bonds is 1. The van der Waals surface area contributed by atoms with Crippen LogP contribution in [0.2, 0.25) is 0 Å². The van der Waals surface area contributed by atoms with Crippen molar-refractivity contribution in [3.8, 4) is 0 Å². The van der Waals surface area contributed by atoms with Crippen molar-refractivity contribution in [1.29, 1.82) is 0 Å². The Bertz CT molecular complexity index is 490. The topological polar surface area (TPSA) is 33.4 Å². The van der Waals surface area contributed by atoms with E-state index in [1.165, 1.54) is 24.9 Å². The van der Waals surface area contributed by atoms with Crippen molar-refractivity contribution in [3.05, 3.63) is 24.7 Å². The lowest BCUT2D eigenvalue weighted by Crippen LogP contribution is -2.37. The Balaban J connectivity index is 2.07. The smallest absolute Gasteiger partial charge is 0.184 e. The molecule has 1 aliphatic rings. The molecule has 0 aromatic carbocycles. The number of pyridine rings is 1. The van der Waals surface area contributed by atoms with Crippen molar-refractivity contribution in [2.75, 3.05) is 11.4 Å². The van der Waals surface area contributed by atoms with Crippen LogP contribution in [0.5, 0.6) is 0 Å². The van der Waals surface area contributed by atoms with Crippen molar-refractivity contribution in [2.45, 2.75) is 32.2 Å². The highest BCUT2D eigenvalue weighted by Crippen LogP contribution is 2.26. The highest BCUT2D eigenvalue weighted by Gasteiger charge is 2.20. The summed E-state index contributed by atoms with van der Waals surface area (Å²) in [5.74, 6) is 0. The van der Waals surface area contributed by atoms with E-state index in [0.29, 0.717) is 6.04 Å². The SMILES string of the molecule is C[C@H]1CCCCN1c1cccn2cnnc12. The molecule has 1 atom stereocenters. The molecule has 0 aliphatic carbocycles. The third-order valence-electron chi connectivity index (χ3n) is 3.42. The standard InChI is InChI=1S/C12H16N4/c1-10-5-2-3-8-16(10)11-6-4-7-15-9-13-14-12(11)15/h4,6-7,9-10H,2-3,5,8H2,1H3/t10-/m0/s1. The molecule has 1 aliphatic heterocycles. The Labute approximate surface area is 94.9 Å². The van der Waals surface area contributed by atoms with Crippen LogP contribution in [0.25, 0.3) is 5.65 Å². The summed E-state index contributed by atoms with van der Waals surface area (Å²) in [5, 5.41) is 8.17. The number of hydrogen-bond donors (Lipinski definition) is 0. The van der Waals surface area contributed by atoms with Crippen LogP contribution < -0.4 is 4.90 Å². The largest absolute Gasteiger partial charge is 0.366 e. The van der Waals surface area contributed by atoms with E-state index >= 15 is 0 Å². The fourth-order valence-electron chi connectivity index (χ4n) is 2.52. The van der Waals surface area contributed by atoms with Crippen LogP contribution >= 0.6 is 0 Å². The van der Waals surface area contributed by atoms with E-state index in [4.69, 9.17) is 0 Å². The summed E-state index contributed by atoms with van der Waals surface area (Å²) < 4.78 is 1.98. The van der Waals surface area contributed by atoms with Gasteiger partial charge in [-0.1, -0.05) is 0 Å². The van der Waals surface area contributed by atoms with Gasteiger partial charge in [-0.15, -0.1) is 10.2 Å². The summed E-state index contributed by atoms with van der Waals surface area (Å²) in [4.78, 5) is 2.45. The first-order valence-corrected chi connectivity index (χ1v) is 5.91. The average molecular weight is 216 g/mol. The van der Waals surface area contributed by atoms with Gasteiger partial charge in [-0.25, -0.2) is 0 Å². The van der Waals surface area contributed by atoms with E-state index in [1.54, 1.807) is 6.33 Å². The molecule has 0 saturated carbocycles. The molecule has 0 bridgehead atoms. The molecule has 3 rings (SSSR count). The maximum Gasteiger partial charge on any atom is 0.184 e. The van der Waals surface area contributed by atoms with Gasteiger partial charge in [0, 0.05) is 18.8 Å². The number of piperidine rings is 1. The monoisotopic (exact) mass is 216 g/mol. The summed E-state index contributed by atoms with van der Waals surface area (Å²) in [6, 6.07) is 4.82. The number of fused-ring (bicyclic) bond motifs is 1. The zero-order valence-electron chi connectivity index (χ0n) is 9.50. The van der Waals surface area contributed by atoms with E-state index in [9.17, 15) is 0 Å². The van der Waals surface area contributed by atoms with Crippen LogP contribution in [-0.4, -0.2) is 27.2 Å². The maximum absolute atomic E-state index is 4.20. The number of hydrogen-bond acceptors (Lipinski definition) is 3. The molecule has 0 radical (unpaired) electrons. The van der Waals surface area contributed by atoms with Gasteiger partial charge in [0.2, 0.25) is 0 Å². The van der Waals surface area contributed by atoms with Gasteiger partial charge in [0.15, 0.2) is 5.65 Å². The molecular weight excluding hydrogens is 200 g/mol. The van der Waals surface area contributed by atoms with Crippen molar-refractivity contribution in [3.63, 3.8) is 0 Å². The third-order valence-corrected chi connectivity index (χ3v) is 3.42. The van der Waals surface area contributed by atoms with Crippen molar-refractivity contribution >= 4 is 11.3 Å². The number of nitrogens with zero attached hydrogens (tertiary/aromatic N) is 4. The third kappa shape index (κ3) is 1.45. The molecule has 16 heavy (non-hydrogen) atoms. The van der Waals surface area contributed by atoms with E-state index in [-0.39, 0.29) is 0 Å². The Morgan fingerprint density at radius 1 is 1.38 bits per heavy atom. The van der Waals surface area contributed by atoms with Gasteiger partial charge in [-0.05, 0) is 38.3 Å². The van der Waals surface area contributed by atoms with E-state index < -0.39 is 0 Å². The van der Waals surface area contributed by atoms with E-state index in [2.05, 4.69) is 34.2 Å². The zero-order chi connectivity index (χ0) is 11.0. The minimum absolute atomic E-state index is 0.608. The Morgan fingerprint density at radius 2 is 2.31 bits per heavy atom. The van der Waals surface area contributed by atoms with Gasteiger partial charge < -0.3 is 4.90 Å². The molecule has 84 valence electrons. The van der Waals surface area contributed by atoms with Gasteiger partial charge >= 0.3 is 0 Å². The highest BCUT2D eigenvalue weighted by atomic mass is 15.3. The van der Waals surface area contributed by atoms with Crippen LogP contribution in [0, 0.1) is 0 Å². The van der Waals surface area contributed by atoms with Crippen LogP contribution in [0.15, 0.2) is 24.7 Å². The average Bonchev–Trinajstić information content (AvgIpc) is 2.77. The van der Waals surface area contributed by atoms with Crippen LogP contribution in [0.1, 0.15) is 26.2 Å². The van der Waals surface area contributed by atoms with Gasteiger partial charge in [0.05, 0.1) is 5.69 Å². The predicted octanol–water partition coefficient (Wildman–Crippen LogP) is 2.11. The number of anilines is 1. The van der Waals surface area contributed by atoms with Crippen molar-refractivity contribution in [2.24, 2.45) is 0 Å². The lowest BCUT2D eigenvalue weighted by atomic mass is 10.0. The summed E-state index contributed by atoms with van der Waals surface area (Å²) >= 11 is 0. The summed E-state index contributed by atoms with van der Waals surface area (Å²) in [7, 11) is 0. The normalized spacial score (nSPS) is 21.6. The first kappa shape index (κ1) is 9.63. The van der Waals surface area contributed by atoms with Gasteiger partial charge in [0.1, 0.15) is 6.33 Å². The summed E-state index contributed by atoms with van der Waals surface area (Å²) in [6.07, 6.45) is 7.64. The maximum atomic E-state index is 4.20. The lowest BCUT2D eigenvalue weighted by molar-refractivity contribution is 0.485. The second kappa shape index (κ2) is 3.77. The minimum Gasteiger partial charge on any atom is -0.366 e. The molecule has 2 aromatic rings. The molecule has 4 nitrogen and oxygen atoms in total. The van der Waals surface area contributed by atoms with E-state index in [1.807, 2.05) is 10.6 Å². The zero-order valence-corrected chi connectivity index (χ0v) is 9.50. The fourth-order valence-corrected chi connectivity index (χ4v) is 2.52. The molecule has 0 unspecified atom stereocenters. The molecule has 1 saturated heterocycles. The first-order chi connectivity index (χ1) is 7.86. The Kier molecular flexibility index (Phi) is 2.27. The molecule has 0 amide bonds. The van der Waals surface area contributed by atoms with E-state index in [0.717, 1.165) is 12.2 Å². The van der Waals surface area contributed by atoms with Crippen LogP contribution in [-0.2, 0) is 0 Å². The second-order valence-electron chi connectivity index (χ2n) is 4.49. The fraction of sp³-hybridized carbons (Fsp3) is 0.500. The summed E-state index contributed by atoms with van der Waals surface area (Å²) in [5.41, 5.74) is 2.18. The Hall–Kier alpha value is -1.58. The second-order valence-corrected chi connectivity index (χ2v) is 4.49. The quantitative estimate of drug-likeness (QED) is 0.732. The number of aromatic nitrogens is 3. The van der Waals surface area contributed by atoms with Crippen LogP contribution in [0.4, 0.5) is 5.69 Å². The Morgan fingerprint density at radius 3 is 3.19 bits per heavy atom. The molecule has 4 heteroatoms. The first-order valence-electron chi connectivity index (χ1n) is 5.91. The highest BCUT2D eigenvalue weighted by molar-refractivity contribution is 5.68. The molecule has 1 fully saturated rings. The van der Waals surface area contributed by atoms with Crippen LogP contribution in [0.3, 0.4) is 0 Å². The molecule has 3 heterocycles. The van der Waals surface area contributed by atoms with Gasteiger partial charge in [0.25, 0.3) is 0 Å². The molecule has 0 N–H and O–H groups in total.